The second-order valence-corrected chi connectivity index (χ2v) is 7.57. The number of sulfonamides is 1. The van der Waals surface area contributed by atoms with E-state index in [1.54, 1.807) is 6.92 Å². The van der Waals surface area contributed by atoms with Gasteiger partial charge >= 0.3 is 0 Å². The van der Waals surface area contributed by atoms with Crippen molar-refractivity contribution in [3.05, 3.63) is 34.9 Å². The maximum atomic E-state index is 12.6. The minimum Gasteiger partial charge on any atom is -0.398 e. The maximum absolute atomic E-state index is 12.6. The summed E-state index contributed by atoms with van der Waals surface area (Å²) in [6.07, 6.45) is 7.29. The Morgan fingerprint density at radius 2 is 1.95 bits per heavy atom. The quantitative estimate of drug-likeness (QED) is 0.663. The number of nitrogens with two attached hydrogens (primary N) is 1. The first-order valence-corrected chi connectivity index (χ1v) is 8.82. The lowest BCUT2D eigenvalue weighted by atomic mass is 9.95. The highest BCUT2D eigenvalue weighted by Gasteiger charge is 2.23. The highest BCUT2D eigenvalue weighted by molar-refractivity contribution is 7.89. The number of nitrogen functional groups attached to an aromatic ring is 1. The van der Waals surface area contributed by atoms with Crippen molar-refractivity contribution in [1.29, 1.82) is 0 Å². The Morgan fingerprint density at radius 3 is 2.57 bits per heavy atom. The first-order valence-electron chi connectivity index (χ1n) is 7.34. The van der Waals surface area contributed by atoms with Gasteiger partial charge in [0.05, 0.1) is 4.90 Å². The van der Waals surface area contributed by atoms with Crippen LogP contribution in [0.1, 0.15) is 36.0 Å². The van der Waals surface area contributed by atoms with E-state index >= 15 is 0 Å². The summed E-state index contributed by atoms with van der Waals surface area (Å²) in [5, 5.41) is 0. The molecule has 0 aromatic heterocycles. The number of rotatable bonds is 4. The van der Waals surface area contributed by atoms with Crippen LogP contribution in [0.15, 0.2) is 23.1 Å². The predicted octanol–water partition coefficient (Wildman–Crippen LogP) is 2.83. The standard InChI is InChI=1S/C16H24N2O2S/c1-11-9-15(17)13(3)16(12(11)2)21(19,20)18-10-14-7-5-4-6-8-14/h4-5,9,14,18H,6-8,10,17H2,1-3H3. The Balaban J connectivity index is 2.25. The third-order valence-electron chi connectivity index (χ3n) is 4.29. The maximum Gasteiger partial charge on any atom is 0.241 e. The van der Waals surface area contributed by atoms with E-state index in [4.69, 9.17) is 5.73 Å². The number of aryl methyl sites for hydroxylation is 1. The van der Waals surface area contributed by atoms with Crippen molar-refractivity contribution in [3.63, 3.8) is 0 Å². The fourth-order valence-electron chi connectivity index (χ4n) is 2.79. The molecule has 0 bridgehead atoms. The van der Waals surface area contributed by atoms with Crippen molar-refractivity contribution >= 4 is 15.7 Å². The highest BCUT2D eigenvalue weighted by atomic mass is 32.2. The van der Waals surface area contributed by atoms with Gasteiger partial charge in [-0.05, 0) is 68.7 Å². The molecule has 2 rings (SSSR count). The normalized spacial score (nSPS) is 18.9. The van der Waals surface area contributed by atoms with Gasteiger partial charge in [-0.15, -0.1) is 0 Å². The first kappa shape index (κ1) is 16.0. The minimum absolute atomic E-state index is 0.339. The van der Waals surface area contributed by atoms with E-state index in [1.807, 2.05) is 19.9 Å². The molecule has 21 heavy (non-hydrogen) atoms. The Hall–Kier alpha value is -1.33. The van der Waals surface area contributed by atoms with E-state index in [0.717, 1.165) is 30.4 Å². The van der Waals surface area contributed by atoms with E-state index < -0.39 is 10.0 Å². The summed E-state index contributed by atoms with van der Waals surface area (Å²) >= 11 is 0. The van der Waals surface area contributed by atoms with Crippen LogP contribution in [0, 0.1) is 26.7 Å². The predicted molar refractivity (Wildman–Crippen MR) is 86.7 cm³/mol. The summed E-state index contributed by atoms with van der Waals surface area (Å²) in [6, 6.07) is 1.83. The van der Waals surface area contributed by atoms with E-state index in [0.29, 0.717) is 28.6 Å². The Bertz CT molecular complexity index is 637. The molecule has 0 amide bonds. The molecule has 0 heterocycles. The SMILES string of the molecule is Cc1cc(N)c(C)c(S(=O)(=O)NCC2CC=CCC2)c1C. The molecule has 0 radical (unpaired) electrons. The van der Waals surface area contributed by atoms with Gasteiger partial charge in [-0.2, -0.15) is 0 Å². The number of allylic oxidation sites excluding steroid dienone is 2. The molecular formula is C16H24N2O2S. The summed E-state index contributed by atoms with van der Waals surface area (Å²) in [4.78, 5) is 0.339. The summed E-state index contributed by atoms with van der Waals surface area (Å²) in [6.45, 7) is 5.97. The van der Waals surface area contributed by atoms with Gasteiger partial charge < -0.3 is 5.73 Å². The molecule has 1 aliphatic carbocycles. The molecule has 0 saturated carbocycles. The number of hydrogen-bond donors (Lipinski definition) is 2. The van der Waals surface area contributed by atoms with Gasteiger partial charge in [0.1, 0.15) is 0 Å². The zero-order chi connectivity index (χ0) is 15.6. The number of nitrogens with one attached hydrogen (secondary N) is 1. The first-order chi connectivity index (χ1) is 9.83. The number of benzene rings is 1. The molecule has 0 fully saturated rings. The summed E-state index contributed by atoms with van der Waals surface area (Å²) in [5.41, 5.74) is 8.76. The fourth-order valence-corrected chi connectivity index (χ4v) is 4.47. The molecule has 5 heteroatoms. The molecule has 1 unspecified atom stereocenters. The van der Waals surface area contributed by atoms with Crippen LogP contribution in [0.4, 0.5) is 5.69 Å². The van der Waals surface area contributed by atoms with Gasteiger partial charge in [-0.1, -0.05) is 12.2 Å². The molecule has 3 N–H and O–H groups in total. The number of hydrogen-bond acceptors (Lipinski definition) is 3. The fraction of sp³-hybridized carbons (Fsp3) is 0.500. The molecule has 1 atom stereocenters. The van der Waals surface area contributed by atoms with E-state index in [9.17, 15) is 8.42 Å². The molecule has 0 aliphatic heterocycles. The minimum atomic E-state index is -3.52. The number of anilines is 1. The average molecular weight is 308 g/mol. The average Bonchev–Trinajstić information content (AvgIpc) is 2.44. The third-order valence-corrected chi connectivity index (χ3v) is 5.98. The lowest BCUT2D eigenvalue weighted by Gasteiger charge is -2.20. The molecule has 0 saturated heterocycles. The Morgan fingerprint density at radius 1 is 1.24 bits per heavy atom. The van der Waals surface area contributed by atoms with Crippen LogP contribution < -0.4 is 10.5 Å². The van der Waals surface area contributed by atoms with Crippen molar-refractivity contribution in [2.45, 2.75) is 44.9 Å². The zero-order valence-electron chi connectivity index (χ0n) is 12.9. The van der Waals surface area contributed by atoms with Crippen LogP contribution in [0.3, 0.4) is 0 Å². The molecule has 1 aromatic carbocycles. The largest absolute Gasteiger partial charge is 0.398 e. The van der Waals surface area contributed by atoms with Gasteiger partial charge in [0.2, 0.25) is 10.0 Å². The highest BCUT2D eigenvalue weighted by Crippen LogP contribution is 2.28. The van der Waals surface area contributed by atoms with Crippen LogP contribution in [-0.2, 0) is 10.0 Å². The van der Waals surface area contributed by atoms with Gasteiger partial charge in [-0.25, -0.2) is 13.1 Å². The molecule has 1 aliphatic rings. The summed E-state index contributed by atoms with van der Waals surface area (Å²) in [7, 11) is -3.52. The van der Waals surface area contributed by atoms with Crippen molar-refractivity contribution < 1.29 is 8.42 Å². The third kappa shape index (κ3) is 3.47. The Kier molecular flexibility index (Phi) is 4.74. The van der Waals surface area contributed by atoms with Crippen LogP contribution in [0.25, 0.3) is 0 Å². The van der Waals surface area contributed by atoms with Gasteiger partial charge in [-0.3, -0.25) is 0 Å². The van der Waals surface area contributed by atoms with Crippen LogP contribution in [0.2, 0.25) is 0 Å². The lowest BCUT2D eigenvalue weighted by Crippen LogP contribution is -2.31. The van der Waals surface area contributed by atoms with E-state index in [-0.39, 0.29) is 0 Å². The smallest absolute Gasteiger partial charge is 0.241 e. The van der Waals surface area contributed by atoms with Crippen molar-refractivity contribution in [1.82, 2.24) is 4.72 Å². The van der Waals surface area contributed by atoms with Crippen LogP contribution >= 0.6 is 0 Å². The van der Waals surface area contributed by atoms with Crippen LogP contribution in [0.5, 0.6) is 0 Å². The second kappa shape index (κ2) is 6.20. The summed E-state index contributed by atoms with van der Waals surface area (Å²) < 4.78 is 28.0. The second-order valence-electron chi connectivity index (χ2n) is 5.86. The summed E-state index contributed by atoms with van der Waals surface area (Å²) in [5.74, 6) is 0.382. The van der Waals surface area contributed by atoms with Crippen molar-refractivity contribution in [2.24, 2.45) is 5.92 Å². The van der Waals surface area contributed by atoms with Gasteiger partial charge in [0.15, 0.2) is 0 Å². The van der Waals surface area contributed by atoms with Crippen molar-refractivity contribution in [3.8, 4) is 0 Å². The zero-order valence-corrected chi connectivity index (χ0v) is 13.8. The van der Waals surface area contributed by atoms with Crippen molar-refractivity contribution in [2.75, 3.05) is 12.3 Å². The monoisotopic (exact) mass is 308 g/mol. The molecular weight excluding hydrogens is 284 g/mol. The molecule has 4 nitrogen and oxygen atoms in total. The Labute approximate surface area is 127 Å². The molecule has 116 valence electrons. The molecule has 0 spiro atoms. The lowest BCUT2D eigenvalue weighted by molar-refractivity contribution is 0.468. The van der Waals surface area contributed by atoms with E-state index in [1.165, 1.54) is 0 Å². The van der Waals surface area contributed by atoms with Gasteiger partial charge in [0.25, 0.3) is 0 Å². The topological polar surface area (TPSA) is 72.2 Å². The van der Waals surface area contributed by atoms with Crippen LogP contribution in [-0.4, -0.2) is 15.0 Å². The van der Waals surface area contributed by atoms with Gasteiger partial charge in [0, 0.05) is 12.2 Å². The molecule has 1 aromatic rings. The van der Waals surface area contributed by atoms with E-state index in [2.05, 4.69) is 16.9 Å².